The molecule has 0 aromatic rings. The lowest BCUT2D eigenvalue weighted by Crippen LogP contribution is -2.36. The summed E-state index contributed by atoms with van der Waals surface area (Å²) in [6, 6.07) is 0. The van der Waals surface area contributed by atoms with Crippen LogP contribution in [0.4, 0.5) is 4.79 Å². The summed E-state index contributed by atoms with van der Waals surface area (Å²) in [6.07, 6.45) is -4.93. The summed E-state index contributed by atoms with van der Waals surface area (Å²) in [5.74, 6) is 0. The predicted molar refractivity (Wildman–Crippen MR) is 25.1 cm³/mol. The number of amides is 1. The van der Waals surface area contributed by atoms with Crippen molar-refractivity contribution in [1.82, 2.24) is 6.15 Å². The highest BCUT2D eigenvalue weighted by molar-refractivity contribution is 5.64. The van der Waals surface area contributed by atoms with Crippen molar-refractivity contribution in [3.8, 4) is 0 Å². The van der Waals surface area contributed by atoms with Gasteiger partial charge in [0.15, 0.2) is 0 Å². The van der Waals surface area contributed by atoms with Gasteiger partial charge in [-0.2, -0.15) is 0 Å². The fourth-order valence-electron chi connectivity index (χ4n) is 0.135. The zero-order chi connectivity index (χ0) is 6.78. The minimum atomic E-state index is -3.45. The molecule has 0 aromatic heterocycles. The lowest BCUT2D eigenvalue weighted by molar-refractivity contribution is -0.430. The quantitative estimate of drug-likeness (QED) is 0.262. The van der Waals surface area contributed by atoms with Crippen LogP contribution in [-0.4, -0.2) is 27.6 Å². The van der Waals surface area contributed by atoms with Crippen molar-refractivity contribution in [2.24, 2.45) is 5.73 Å². The second kappa shape index (κ2) is 3.20. The van der Waals surface area contributed by atoms with Gasteiger partial charge in [-0.3, -0.25) is 0 Å². The van der Waals surface area contributed by atoms with E-state index in [0.717, 1.165) is 0 Å². The van der Waals surface area contributed by atoms with Crippen molar-refractivity contribution in [1.29, 1.82) is 0 Å². The summed E-state index contributed by atoms with van der Waals surface area (Å²) >= 11 is 0. The lowest BCUT2D eigenvalue weighted by Gasteiger charge is -2.10. The molecular formula is C2H8N2O5. The van der Waals surface area contributed by atoms with Gasteiger partial charge in [0.05, 0.1) is 0 Å². The maximum absolute atomic E-state index is 9.53. The monoisotopic (exact) mass is 140 g/mol. The Kier molecular flexibility index (Phi) is 3.90. The molecule has 0 aromatic carbocycles. The van der Waals surface area contributed by atoms with E-state index in [2.05, 4.69) is 10.5 Å². The van der Waals surface area contributed by atoms with Gasteiger partial charge in [-0.15, -0.1) is 0 Å². The summed E-state index contributed by atoms with van der Waals surface area (Å²) in [6.45, 7) is 0. The highest BCUT2D eigenvalue weighted by atomic mass is 16.9. The average molecular weight is 140 g/mol. The Balaban J connectivity index is 0. The van der Waals surface area contributed by atoms with E-state index in [4.69, 9.17) is 15.3 Å². The highest BCUT2D eigenvalue weighted by Gasteiger charge is 2.22. The molecule has 0 aliphatic rings. The molecule has 0 saturated heterocycles. The van der Waals surface area contributed by atoms with Gasteiger partial charge in [0.2, 0.25) is 0 Å². The molecule has 0 radical (unpaired) electrons. The van der Waals surface area contributed by atoms with Gasteiger partial charge in [0.25, 0.3) is 0 Å². The van der Waals surface area contributed by atoms with E-state index < -0.39 is 12.3 Å². The van der Waals surface area contributed by atoms with Crippen LogP contribution >= 0.6 is 0 Å². The molecule has 9 heavy (non-hydrogen) atoms. The first kappa shape index (κ1) is 11.0. The molecule has 7 heteroatoms. The summed E-state index contributed by atoms with van der Waals surface area (Å²) in [4.78, 5) is 9.53. The second-order valence-corrected chi connectivity index (χ2v) is 0.995. The van der Waals surface area contributed by atoms with Gasteiger partial charge in [-0.05, 0) is 0 Å². The number of ether oxygens (including phenoxy) is 1. The minimum absolute atomic E-state index is 0. The first-order valence-electron chi connectivity index (χ1n) is 1.57. The third-order valence-electron chi connectivity index (χ3n) is 0.238. The molecule has 7 nitrogen and oxygen atoms in total. The Morgan fingerprint density at radius 2 is 1.78 bits per heavy atom. The van der Waals surface area contributed by atoms with Crippen LogP contribution in [0.5, 0.6) is 0 Å². The number of carbonyl (C=O) groups excluding carboxylic acids is 1. The number of aliphatic hydroxyl groups is 3. The fourth-order valence-corrected chi connectivity index (χ4v) is 0.135. The van der Waals surface area contributed by atoms with Gasteiger partial charge >= 0.3 is 12.3 Å². The first-order chi connectivity index (χ1) is 3.42. The molecule has 1 amide bonds. The Bertz CT molecular complexity index is 95.6. The Labute approximate surface area is 50.2 Å². The van der Waals surface area contributed by atoms with Gasteiger partial charge in [-0.25, -0.2) is 4.79 Å². The van der Waals surface area contributed by atoms with Crippen LogP contribution in [0.2, 0.25) is 0 Å². The molecule has 0 unspecified atom stereocenters. The van der Waals surface area contributed by atoms with Crippen LogP contribution in [0.1, 0.15) is 0 Å². The number of primary amides is 1. The van der Waals surface area contributed by atoms with Crippen LogP contribution in [-0.2, 0) is 4.74 Å². The van der Waals surface area contributed by atoms with Crippen molar-refractivity contribution in [3.05, 3.63) is 0 Å². The molecule has 0 aliphatic carbocycles. The predicted octanol–water partition coefficient (Wildman–Crippen LogP) is -2.17. The summed E-state index contributed by atoms with van der Waals surface area (Å²) in [7, 11) is 0. The third kappa shape index (κ3) is 11.0. The minimum Gasteiger partial charge on any atom is -0.368 e. The smallest absolute Gasteiger partial charge is 0.368 e. The molecule has 0 fully saturated rings. The first-order valence-corrected chi connectivity index (χ1v) is 1.57. The topological polar surface area (TPSA) is 148 Å². The molecule has 0 bridgehead atoms. The van der Waals surface area contributed by atoms with Crippen LogP contribution in [0.3, 0.4) is 0 Å². The van der Waals surface area contributed by atoms with Crippen LogP contribution in [0.25, 0.3) is 0 Å². The summed E-state index contributed by atoms with van der Waals surface area (Å²) in [5.41, 5.74) is 4.24. The molecule has 0 spiro atoms. The normalized spacial score (nSPS) is 9.67. The molecule has 0 heterocycles. The van der Waals surface area contributed by atoms with Gasteiger partial charge in [0.1, 0.15) is 0 Å². The van der Waals surface area contributed by atoms with E-state index in [1.807, 2.05) is 0 Å². The van der Waals surface area contributed by atoms with Gasteiger partial charge < -0.3 is 31.9 Å². The highest BCUT2D eigenvalue weighted by Crippen LogP contribution is 1.92. The lowest BCUT2D eigenvalue weighted by atomic mass is 11.1. The van der Waals surface area contributed by atoms with Crippen LogP contribution in [0, 0.1) is 0 Å². The van der Waals surface area contributed by atoms with Crippen molar-refractivity contribution in [3.63, 3.8) is 0 Å². The molecule has 0 aliphatic heterocycles. The number of carbonyl (C=O) groups is 1. The number of hydrogen-bond donors (Lipinski definition) is 5. The Morgan fingerprint density at radius 3 is 1.78 bits per heavy atom. The standard InChI is InChI=1S/C2H5NO5.H3N/c3-1(4)8-2(5,6)7;/h5-7H,(H2,3,4);1H3. The van der Waals surface area contributed by atoms with Gasteiger partial charge in [0, 0.05) is 0 Å². The molecule has 0 atom stereocenters. The van der Waals surface area contributed by atoms with Crippen molar-refractivity contribution in [2.45, 2.75) is 6.16 Å². The summed E-state index contributed by atoms with van der Waals surface area (Å²) < 4.78 is 3.24. The SMILES string of the molecule is N.NC(=O)OC(O)(O)O. The van der Waals surface area contributed by atoms with Crippen LogP contribution < -0.4 is 11.9 Å². The van der Waals surface area contributed by atoms with E-state index in [9.17, 15) is 4.79 Å². The number of hydrogen-bond acceptors (Lipinski definition) is 6. The van der Waals surface area contributed by atoms with E-state index in [0.29, 0.717) is 0 Å². The van der Waals surface area contributed by atoms with Crippen molar-refractivity contribution >= 4 is 6.09 Å². The second-order valence-electron chi connectivity index (χ2n) is 0.995. The van der Waals surface area contributed by atoms with Crippen LogP contribution in [0.15, 0.2) is 0 Å². The van der Waals surface area contributed by atoms with E-state index in [-0.39, 0.29) is 6.15 Å². The molecule has 0 saturated carbocycles. The Hall–Kier alpha value is -0.890. The third-order valence-corrected chi connectivity index (χ3v) is 0.238. The number of nitrogens with two attached hydrogens (primary N) is 1. The van der Waals surface area contributed by atoms with Gasteiger partial charge in [-0.1, -0.05) is 0 Å². The fraction of sp³-hybridized carbons (Fsp3) is 0.500. The maximum Gasteiger partial charge on any atom is 0.456 e. The van der Waals surface area contributed by atoms with E-state index >= 15 is 0 Å². The maximum atomic E-state index is 9.53. The zero-order valence-electron chi connectivity index (χ0n) is 4.44. The van der Waals surface area contributed by atoms with Crippen molar-refractivity contribution < 1.29 is 24.9 Å². The van der Waals surface area contributed by atoms with E-state index in [1.165, 1.54) is 0 Å². The molecule has 0 rings (SSSR count). The Morgan fingerprint density at radius 1 is 1.44 bits per heavy atom. The molecular weight excluding hydrogens is 132 g/mol. The summed E-state index contributed by atoms with van der Waals surface area (Å²) in [5, 5.41) is 23.3. The average Bonchev–Trinajstić information content (AvgIpc) is 1.21. The molecule has 8 N–H and O–H groups in total. The number of rotatable bonds is 1. The molecule has 56 valence electrons. The van der Waals surface area contributed by atoms with E-state index in [1.54, 1.807) is 0 Å². The van der Waals surface area contributed by atoms with Crippen molar-refractivity contribution in [2.75, 3.05) is 0 Å². The largest absolute Gasteiger partial charge is 0.456 e. The zero-order valence-corrected chi connectivity index (χ0v) is 4.44.